The molecule has 2 aliphatic heterocycles. The molecule has 4 rings (SSSR count). The van der Waals surface area contributed by atoms with Gasteiger partial charge in [0.1, 0.15) is 0 Å². The van der Waals surface area contributed by atoms with Crippen LogP contribution >= 0.6 is 0 Å². The standard InChI is InChI=1S/C21H26N4O3/c1-15(2)16-3-5-17(6-4-16)22-19-8-7-18(23-24-19)20(26)25-11-9-21(10-12-25)27-13-14-28-21/h3-8,15H,9-14H2,1-2H3,(H,22,24). The van der Waals surface area contributed by atoms with Gasteiger partial charge in [0.15, 0.2) is 17.3 Å². The van der Waals surface area contributed by atoms with Crippen LogP contribution in [0.5, 0.6) is 0 Å². The Bertz CT molecular complexity index is 805. The molecule has 0 aliphatic carbocycles. The van der Waals surface area contributed by atoms with Gasteiger partial charge >= 0.3 is 0 Å². The molecule has 0 unspecified atom stereocenters. The number of benzene rings is 1. The fourth-order valence-corrected chi connectivity index (χ4v) is 3.61. The molecule has 2 aromatic rings. The Labute approximate surface area is 165 Å². The van der Waals surface area contributed by atoms with Gasteiger partial charge in [0.05, 0.1) is 13.2 Å². The van der Waals surface area contributed by atoms with Crippen molar-refractivity contribution in [1.82, 2.24) is 15.1 Å². The van der Waals surface area contributed by atoms with E-state index in [0.29, 0.717) is 56.6 Å². The summed E-state index contributed by atoms with van der Waals surface area (Å²) in [7, 11) is 0. The Balaban J connectivity index is 1.35. The number of nitrogens with one attached hydrogen (secondary N) is 1. The van der Waals surface area contributed by atoms with E-state index in [-0.39, 0.29) is 5.91 Å². The molecule has 0 atom stereocenters. The van der Waals surface area contributed by atoms with Gasteiger partial charge in [-0.05, 0) is 35.7 Å². The number of hydrogen-bond acceptors (Lipinski definition) is 6. The number of carbonyl (C=O) groups excluding carboxylic acids is 1. The number of likely N-dealkylation sites (tertiary alicyclic amines) is 1. The van der Waals surface area contributed by atoms with Crippen LogP contribution in [0.1, 0.15) is 48.7 Å². The van der Waals surface area contributed by atoms with Crippen molar-refractivity contribution < 1.29 is 14.3 Å². The molecule has 0 saturated carbocycles. The van der Waals surface area contributed by atoms with E-state index in [1.807, 2.05) is 12.1 Å². The van der Waals surface area contributed by atoms with Crippen LogP contribution in [0.2, 0.25) is 0 Å². The number of aromatic nitrogens is 2. The molecule has 1 aromatic heterocycles. The van der Waals surface area contributed by atoms with E-state index in [2.05, 4.69) is 41.5 Å². The fourth-order valence-electron chi connectivity index (χ4n) is 3.61. The lowest BCUT2D eigenvalue weighted by Gasteiger charge is -2.37. The van der Waals surface area contributed by atoms with Gasteiger partial charge in [0, 0.05) is 31.6 Å². The summed E-state index contributed by atoms with van der Waals surface area (Å²) in [6, 6.07) is 11.7. The van der Waals surface area contributed by atoms with E-state index in [4.69, 9.17) is 9.47 Å². The van der Waals surface area contributed by atoms with Crippen LogP contribution in [0.3, 0.4) is 0 Å². The third kappa shape index (κ3) is 4.00. The maximum absolute atomic E-state index is 12.7. The molecule has 148 valence electrons. The van der Waals surface area contributed by atoms with Crippen molar-refractivity contribution in [1.29, 1.82) is 0 Å². The van der Waals surface area contributed by atoms with Crippen LogP contribution in [-0.2, 0) is 9.47 Å². The molecule has 1 spiro atoms. The van der Waals surface area contributed by atoms with Crippen LogP contribution in [0.4, 0.5) is 11.5 Å². The minimum absolute atomic E-state index is 0.104. The van der Waals surface area contributed by atoms with E-state index in [1.54, 1.807) is 17.0 Å². The minimum Gasteiger partial charge on any atom is -0.347 e. The monoisotopic (exact) mass is 382 g/mol. The molecule has 7 nitrogen and oxygen atoms in total. The largest absolute Gasteiger partial charge is 0.347 e. The average Bonchev–Trinajstić information content (AvgIpc) is 3.17. The molecule has 2 saturated heterocycles. The summed E-state index contributed by atoms with van der Waals surface area (Å²) in [6.45, 7) is 6.80. The Hall–Kier alpha value is -2.51. The molecule has 1 N–H and O–H groups in total. The van der Waals surface area contributed by atoms with E-state index >= 15 is 0 Å². The van der Waals surface area contributed by atoms with E-state index < -0.39 is 5.79 Å². The minimum atomic E-state index is -0.485. The lowest BCUT2D eigenvalue weighted by molar-refractivity contribution is -0.181. The first-order chi connectivity index (χ1) is 13.5. The highest BCUT2D eigenvalue weighted by atomic mass is 16.7. The molecule has 1 amide bonds. The van der Waals surface area contributed by atoms with Gasteiger partial charge in [0.25, 0.3) is 5.91 Å². The van der Waals surface area contributed by atoms with Gasteiger partial charge in [-0.1, -0.05) is 26.0 Å². The molecular weight excluding hydrogens is 356 g/mol. The highest BCUT2D eigenvalue weighted by Gasteiger charge is 2.41. The number of anilines is 2. The Kier molecular flexibility index (Phi) is 5.28. The van der Waals surface area contributed by atoms with Crippen molar-refractivity contribution in [2.45, 2.75) is 38.4 Å². The summed E-state index contributed by atoms with van der Waals surface area (Å²) in [5.74, 6) is 0.518. The van der Waals surface area contributed by atoms with Crippen LogP contribution in [-0.4, -0.2) is 53.1 Å². The van der Waals surface area contributed by atoms with Crippen molar-refractivity contribution in [3.63, 3.8) is 0 Å². The summed E-state index contributed by atoms with van der Waals surface area (Å²) in [5, 5.41) is 11.5. The van der Waals surface area contributed by atoms with Crippen LogP contribution < -0.4 is 5.32 Å². The number of nitrogens with zero attached hydrogens (tertiary/aromatic N) is 3. The maximum atomic E-state index is 12.7. The maximum Gasteiger partial charge on any atom is 0.274 e. The zero-order valence-corrected chi connectivity index (χ0v) is 16.4. The molecule has 0 bridgehead atoms. The third-order valence-electron chi connectivity index (χ3n) is 5.36. The lowest BCUT2D eigenvalue weighted by atomic mass is 10.0. The highest BCUT2D eigenvalue weighted by Crippen LogP contribution is 2.31. The molecule has 3 heterocycles. The Morgan fingerprint density at radius 2 is 1.71 bits per heavy atom. The second kappa shape index (κ2) is 7.85. The molecular formula is C21H26N4O3. The normalized spacial score (nSPS) is 18.6. The van der Waals surface area contributed by atoms with E-state index in [9.17, 15) is 4.79 Å². The summed E-state index contributed by atoms with van der Waals surface area (Å²) < 4.78 is 11.4. The number of hydrogen-bond donors (Lipinski definition) is 1. The quantitative estimate of drug-likeness (QED) is 0.874. The van der Waals surface area contributed by atoms with Crippen LogP contribution in [0.25, 0.3) is 0 Å². The number of piperidine rings is 1. The molecule has 0 radical (unpaired) electrons. The smallest absolute Gasteiger partial charge is 0.274 e. The number of rotatable bonds is 4. The summed E-state index contributed by atoms with van der Waals surface area (Å²) in [6.07, 6.45) is 1.39. The molecule has 2 fully saturated rings. The first-order valence-electron chi connectivity index (χ1n) is 9.83. The van der Waals surface area contributed by atoms with E-state index in [0.717, 1.165) is 5.69 Å². The van der Waals surface area contributed by atoms with Crippen LogP contribution in [0.15, 0.2) is 36.4 Å². The average molecular weight is 382 g/mol. The van der Waals surface area contributed by atoms with Crippen molar-refractivity contribution in [3.8, 4) is 0 Å². The third-order valence-corrected chi connectivity index (χ3v) is 5.36. The van der Waals surface area contributed by atoms with Crippen molar-refractivity contribution >= 4 is 17.4 Å². The van der Waals surface area contributed by atoms with Gasteiger partial charge in [0.2, 0.25) is 0 Å². The van der Waals surface area contributed by atoms with Gasteiger partial charge < -0.3 is 19.7 Å². The van der Waals surface area contributed by atoms with Gasteiger partial charge in [-0.15, -0.1) is 10.2 Å². The van der Waals surface area contributed by atoms with Crippen molar-refractivity contribution in [2.24, 2.45) is 0 Å². The second-order valence-corrected chi connectivity index (χ2v) is 7.61. The van der Waals surface area contributed by atoms with Gasteiger partial charge in [-0.3, -0.25) is 4.79 Å². The molecule has 28 heavy (non-hydrogen) atoms. The second-order valence-electron chi connectivity index (χ2n) is 7.61. The van der Waals surface area contributed by atoms with Crippen molar-refractivity contribution in [3.05, 3.63) is 47.7 Å². The summed E-state index contributed by atoms with van der Waals surface area (Å²) in [4.78, 5) is 14.5. The molecule has 7 heteroatoms. The molecule has 2 aliphatic rings. The topological polar surface area (TPSA) is 76.6 Å². The number of amides is 1. The van der Waals surface area contributed by atoms with E-state index in [1.165, 1.54) is 5.56 Å². The number of carbonyl (C=O) groups is 1. The fraction of sp³-hybridized carbons (Fsp3) is 0.476. The highest BCUT2D eigenvalue weighted by molar-refractivity contribution is 5.92. The summed E-state index contributed by atoms with van der Waals surface area (Å²) in [5.41, 5.74) is 2.58. The zero-order chi connectivity index (χ0) is 19.6. The molecule has 1 aromatic carbocycles. The van der Waals surface area contributed by atoms with Gasteiger partial charge in [-0.25, -0.2) is 0 Å². The lowest BCUT2D eigenvalue weighted by Crippen LogP contribution is -2.47. The van der Waals surface area contributed by atoms with Crippen molar-refractivity contribution in [2.75, 3.05) is 31.6 Å². The Morgan fingerprint density at radius 3 is 2.29 bits per heavy atom. The predicted octanol–water partition coefficient (Wildman–Crippen LogP) is 3.32. The van der Waals surface area contributed by atoms with Gasteiger partial charge in [-0.2, -0.15) is 0 Å². The first-order valence-corrected chi connectivity index (χ1v) is 9.83. The predicted molar refractivity (Wildman–Crippen MR) is 106 cm³/mol. The number of ether oxygens (including phenoxy) is 2. The SMILES string of the molecule is CC(C)c1ccc(Nc2ccc(C(=O)N3CCC4(CC3)OCCO4)nn2)cc1. The van der Waals surface area contributed by atoms with Crippen LogP contribution in [0, 0.1) is 0 Å². The zero-order valence-electron chi connectivity index (χ0n) is 16.4. The summed E-state index contributed by atoms with van der Waals surface area (Å²) >= 11 is 0. The first kappa shape index (κ1) is 18.8. The Morgan fingerprint density at radius 1 is 1.04 bits per heavy atom.